The van der Waals surface area contributed by atoms with Crippen LogP contribution < -0.4 is 4.74 Å². The Labute approximate surface area is 82.7 Å². The normalized spacial score (nSPS) is 9.93. The number of ether oxygens (including phenoxy) is 1. The Bertz CT molecular complexity index is 334. The van der Waals surface area contributed by atoms with Crippen molar-refractivity contribution in [3.63, 3.8) is 0 Å². The van der Waals surface area contributed by atoms with Gasteiger partial charge in [-0.1, -0.05) is 13.3 Å². The largest absolute Gasteiger partial charge is 0.496 e. The molecule has 0 spiro atoms. The zero-order chi connectivity index (χ0) is 10.6. The first kappa shape index (κ1) is 10.7. The molecule has 0 saturated carbocycles. The molecule has 14 heavy (non-hydrogen) atoms. The third-order valence-corrected chi connectivity index (χ3v) is 2.03. The lowest BCUT2D eigenvalue weighted by Crippen LogP contribution is -1.97. The Kier molecular flexibility index (Phi) is 3.63. The van der Waals surface area contributed by atoms with Crippen LogP contribution in [-0.4, -0.2) is 13.4 Å². The van der Waals surface area contributed by atoms with Gasteiger partial charge in [0, 0.05) is 0 Å². The van der Waals surface area contributed by atoms with Crippen LogP contribution in [0.4, 0.5) is 4.39 Å². The minimum Gasteiger partial charge on any atom is -0.496 e. The molecule has 0 aromatic heterocycles. The molecule has 0 fully saturated rings. The summed E-state index contributed by atoms with van der Waals surface area (Å²) in [6.07, 6.45) is 2.19. The fourth-order valence-electron chi connectivity index (χ4n) is 1.36. The van der Waals surface area contributed by atoms with Crippen LogP contribution in [0.15, 0.2) is 12.1 Å². The second-order valence-electron chi connectivity index (χ2n) is 3.06. The third kappa shape index (κ3) is 2.10. The van der Waals surface area contributed by atoms with Crippen molar-refractivity contribution < 1.29 is 13.9 Å². The highest BCUT2D eigenvalue weighted by Gasteiger charge is 2.10. The number of benzene rings is 1. The number of aldehydes is 1. The molecular weight excluding hydrogens is 183 g/mol. The van der Waals surface area contributed by atoms with E-state index in [9.17, 15) is 9.18 Å². The smallest absolute Gasteiger partial charge is 0.156 e. The minimum absolute atomic E-state index is 0.00708. The van der Waals surface area contributed by atoms with E-state index in [1.807, 2.05) is 6.92 Å². The average Bonchev–Trinajstić information content (AvgIpc) is 2.17. The summed E-state index contributed by atoms with van der Waals surface area (Å²) in [5.74, 6) is -0.203. The first-order valence-electron chi connectivity index (χ1n) is 4.54. The second kappa shape index (κ2) is 4.74. The zero-order valence-electron chi connectivity index (χ0n) is 8.34. The maximum Gasteiger partial charge on any atom is 0.156 e. The molecule has 0 saturated heterocycles. The summed E-state index contributed by atoms with van der Waals surface area (Å²) in [6, 6.07) is 3.09. The minimum atomic E-state index is -0.511. The number of aryl methyl sites for hydroxylation is 1. The molecule has 3 heteroatoms. The lowest BCUT2D eigenvalue weighted by atomic mass is 10.1. The molecular formula is C11H13FO2. The summed E-state index contributed by atoms with van der Waals surface area (Å²) in [4.78, 5) is 10.6. The monoisotopic (exact) mass is 196 g/mol. The molecule has 0 heterocycles. The van der Waals surface area contributed by atoms with Gasteiger partial charge in [0.05, 0.1) is 12.7 Å². The van der Waals surface area contributed by atoms with Crippen molar-refractivity contribution in [2.75, 3.05) is 7.11 Å². The van der Waals surface area contributed by atoms with Crippen LogP contribution in [0.25, 0.3) is 0 Å². The van der Waals surface area contributed by atoms with Gasteiger partial charge in [0.2, 0.25) is 0 Å². The standard InChI is InChI=1S/C11H13FO2/c1-3-4-8-5-10(12)9(7-13)11(6-8)14-2/h5-7H,3-4H2,1-2H3. The third-order valence-electron chi connectivity index (χ3n) is 2.03. The molecule has 76 valence electrons. The first-order valence-corrected chi connectivity index (χ1v) is 4.54. The van der Waals surface area contributed by atoms with E-state index in [0.717, 1.165) is 18.4 Å². The molecule has 0 bridgehead atoms. The zero-order valence-corrected chi connectivity index (χ0v) is 8.34. The van der Waals surface area contributed by atoms with Crippen LogP contribution in [0.2, 0.25) is 0 Å². The first-order chi connectivity index (χ1) is 6.72. The number of carbonyl (C=O) groups is 1. The maximum absolute atomic E-state index is 13.3. The molecule has 0 N–H and O–H groups in total. The van der Waals surface area contributed by atoms with E-state index in [1.165, 1.54) is 13.2 Å². The Morgan fingerprint density at radius 3 is 2.71 bits per heavy atom. The van der Waals surface area contributed by atoms with Gasteiger partial charge in [-0.05, 0) is 24.1 Å². The van der Waals surface area contributed by atoms with Gasteiger partial charge >= 0.3 is 0 Å². The summed E-state index contributed by atoms with van der Waals surface area (Å²) in [5.41, 5.74) is 0.847. The molecule has 0 unspecified atom stereocenters. The summed E-state index contributed by atoms with van der Waals surface area (Å²) < 4.78 is 18.2. The highest BCUT2D eigenvalue weighted by Crippen LogP contribution is 2.22. The number of methoxy groups -OCH3 is 1. The van der Waals surface area contributed by atoms with Crippen LogP contribution in [0.5, 0.6) is 5.75 Å². The van der Waals surface area contributed by atoms with Crippen molar-refractivity contribution in [1.82, 2.24) is 0 Å². The van der Waals surface area contributed by atoms with Crippen LogP contribution >= 0.6 is 0 Å². The van der Waals surface area contributed by atoms with Crippen molar-refractivity contribution in [3.05, 3.63) is 29.1 Å². The molecule has 0 aliphatic rings. The summed E-state index contributed by atoms with van der Waals surface area (Å²) >= 11 is 0. The lowest BCUT2D eigenvalue weighted by molar-refractivity contribution is 0.111. The van der Waals surface area contributed by atoms with Crippen molar-refractivity contribution in [3.8, 4) is 5.75 Å². The van der Waals surface area contributed by atoms with Crippen molar-refractivity contribution in [2.24, 2.45) is 0 Å². The van der Waals surface area contributed by atoms with Gasteiger partial charge in [0.15, 0.2) is 6.29 Å². The molecule has 2 nitrogen and oxygen atoms in total. The van der Waals surface area contributed by atoms with Crippen LogP contribution in [0.3, 0.4) is 0 Å². The summed E-state index contributed by atoms with van der Waals surface area (Å²) in [5, 5.41) is 0. The average molecular weight is 196 g/mol. The van der Waals surface area contributed by atoms with Gasteiger partial charge in [-0.3, -0.25) is 4.79 Å². The predicted molar refractivity (Wildman–Crippen MR) is 52.3 cm³/mol. The Morgan fingerprint density at radius 1 is 1.50 bits per heavy atom. The molecule has 0 aliphatic carbocycles. The molecule has 0 aliphatic heterocycles. The number of hydrogen-bond acceptors (Lipinski definition) is 2. The molecule has 0 radical (unpaired) electrons. The molecule has 0 atom stereocenters. The van der Waals surface area contributed by atoms with E-state index >= 15 is 0 Å². The van der Waals surface area contributed by atoms with Crippen molar-refractivity contribution in [2.45, 2.75) is 19.8 Å². The highest BCUT2D eigenvalue weighted by atomic mass is 19.1. The van der Waals surface area contributed by atoms with E-state index in [1.54, 1.807) is 6.07 Å². The highest BCUT2D eigenvalue weighted by molar-refractivity contribution is 5.80. The van der Waals surface area contributed by atoms with Crippen molar-refractivity contribution in [1.29, 1.82) is 0 Å². The quantitative estimate of drug-likeness (QED) is 0.692. The van der Waals surface area contributed by atoms with E-state index in [-0.39, 0.29) is 5.56 Å². The second-order valence-corrected chi connectivity index (χ2v) is 3.06. The molecule has 1 aromatic rings. The lowest BCUT2D eigenvalue weighted by Gasteiger charge is -2.07. The van der Waals surface area contributed by atoms with Gasteiger partial charge in [0.25, 0.3) is 0 Å². The Balaban J connectivity index is 3.16. The number of halogens is 1. The number of rotatable bonds is 4. The van der Waals surface area contributed by atoms with Gasteiger partial charge in [-0.25, -0.2) is 4.39 Å². The van der Waals surface area contributed by atoms with Gasteiger partial charge in [-0.15, -0.1) is 0 Å². The van der Waals surface area contributed by atoms with Gasteiger partial charge in [0.1, 0.15) is 11.6 Å². The molecule has 1 rings (SSSR count). The van der Waals surface area contributed by atoms with E-state index in [2.05, 4.69) is 0 Å². The van der Waals surface area contributed by atoms with E-state index < -0.39 is 5.82 Å². The van der Waals surface area contributed by atoms with E-state index in [4.69, 9.17) is 4.74 Å². The topological polar surface area (TPSA) is 26.3 Å². The number of carbonyl (C=O) groups excluding carboxylic acids is 1. The summed E-state index contributed by atoms with van der Waals surface area (Å²) in [6.45, 7) is 2.01. The Hall–Kier alpha value is -1.38. The number of hydrogen-bond donors (Lipinski definition) is 0. The molecule has 1 aromatic carbocycles. The maximum atomic E-state index is 13.3. The molecule has 0 amide bonds. The predicted octanol–water partition coefficient (Wildman–Crippen LogP) is 2.60. The van der Waals surface area contributed by atoms with Crippen LogP contribution in [0.1, 0.15) is 29.3 Å². The Morgan fingerprint density at radius 2 is 2.21 bits per heavy atom. The van der Waals surface area contributed by atoms with Crippen LogP contribution in [-0.2, 0) is 6.42 Å². The fraction of sp³-hybridized carbons (Fsp3) is 0.364. The summed E-state index contributed by atoms with van der Waals surface area (Å²) in [7, 11) is 1.43. The van der Waals surface area contributed by atoms with Crippen LogP contribution in [0, 0.1) is 5.82 Å². The van der Waals surface area contributed by atoms with Gasteiger partial charge < -0.3 is 4.74 Å². The fourth-order valence-corrected chi connectivity index (χ4v) is 1.36. The van der Waals surface area contributed by atoms with Crippen molar-refractivity contribution >= 4 is 6.29 Å². The van der Waals surface area contributed by atoms with Gasteiger partial charge in [-0.2, -0.15) is 0 Å². The van der Waals surface area contributed by atoms with E-state index in [0.29, 0.717) is 12.0 Å². The SMILES string of the molecule is CCCc1cc(F)c(C=O)c(OC)c1.